The Balaban J connectivity index is 2.00. The van der Waals surface area contributed by atoms with E-state index in [1.54, 1.807) is 6.92 Å². The fourth-order valence-corrected chi connectivity index (χ4v) is 4.36. The highest BCUT2D eigenvalue weighted by Crippen LogP contribution is 2.23. The smallest absolute Gasteiger partial charge is 0.342 e. The van der Waals surface area contributed by atoms with Crippen molar-refractivity contribution < 1.29 is 44.0 Å². The van der Waals surface area contributed by atoms with Crippen molar-refractivity contribution in [2.24, 2.45) is 0 Å². The predicted molar refractivity (Wildman–Crippen MR) is 132 cm³/mol. The van der Waals surface area contributed by atoms with Gasteiger partial charge < -0.3 is 20.1 Å². The Hall–Kier alpha value is -2.97. The van der Waals surface area contributed by atoms with Crippen LogP contribution in [0.25, 0.3) is 0 Å². The third-order valence-electron chi connectivity index (χ3n) is 6.50. The number of esters is 2. The summed E-state index contributed by atoms with van der Waals surface area (Å²) in [6.45, 7) is 1.64. The van der Waals surface area contributed by atoms with Crippen LogP contribution in [0.3, 0.4) is 0 Å². The fraction of sp³-hybridized carbons (Fsp3) is 0.667. The van der Waals surface area contributed by atoms with Crippen LogP contribution in [0.4, 0.5) is 0 Å². The average Bonchev–Trinajstić information content (AvgIpc) is 3.05. The Morgan fingerprint density at radius 1 is 0.611 bits per heavy atom. The van der Waals surface area contributed by atoms with Crippen molar-refractivity contribution in [2.75, 3.05) is 0 Å². The van der Waals surface area contributed by atoms with E-state index in [0.717, 1.165) is 51.4 Å². The van der Waals surface area contributed by atoms with Crippen LogP contribution in [-0.4, -0.2) is 45.2 Å². The van der Waals surface area contributed by atoms with Crippen molar-refractivity contribution in [2.45, 2.75) is 116 Å². The van der Waals surface area contributed by atoms with E-state index in [1.165, 1.54) is 32.1 Å². The van der Waals surface area contributed by atoms with Gasteiger partial charge in [0, 0.05) is 16.7 Å². The van der Waals surface area contributed by atoms with Gasteiger partial charge in [0.25, 0.3) is 0 Å². The first kappa shape index (κ1) is 31.1. The molecule has 1 rings (SSSR count). The quantitative estimate of drug-likeness (QED) is 0.0780. The van der Waals surface area contributed by atoms with Crippen LogP contribution in [0.2, 0.25) is 0 Å². The molecule has 9 nitrogen and oxygen atoms in total. The maximum absolute atomic E-state index is 11.5. The number of carboxylic acids is 3. The number of carbonyl (C=O) groups excluding carboxylic acids is 2. The van der Waals surface area contributed by atoms with Crippen LogP contribution in [-0.2, 0) is 28.7 Å². The molecule has 0 spiro atoms. The molecule has 36 heavy (non-hydrogen) atoms. The molecular formula is C27H40O9. The molecule has 0 radical (unpaired) electrons. The summed E-state index contributed by atoms with van der Waals surface area (Å²) < 4.78 is 4.60. The highest BCUT2D eigenvalue weighted by molar-refractivity contribution is 6.12. The number of carbonyl (C=O) groups is 5. The lowest BCUT2D eigenvalue weighted by Crippen LogP contribution is -2.14. The molecule has 1 aliphatic heterocycles. The molecule has 0 aromatic rings. The topological polar surface area (TPSA) is 155 Å². The first-order chi connectivity index (χ1) is 17.1. The van der Waals surface area contributed by atoms with Crippen molar-refractivity contribution in [1.82, 2.24) is 0 Å². The summed E-state index contributed by atoms with van der Waals surface area (Å²) >= 11 is 0. The minimum absolute atomic E-state index is 0.0635. The zero-order valence-electron chi connectivity index (χ0n) is 21.3. The molecule has 0 saturated carbocycles. The van der Waals surface area contributed by atoms with Gasteiger partial charge in [-0.05, 0) is 32.6 Å². The van der Waals surface area contributed by atoms with E-state index in [-0.39, 0.29) is 12.0 Å². The van der Waals surface area contributed by atoms with Gasteiger partial charge in [0.2, 0.25) is 0 Å². The first-order valence-electron chi connectivity index (χ1n) is 13.0. The van der Waals surface area contributed by atoms with E-state index < -0.39 is 41.8 Å². The second-order valence-corrected chi connectivity index (χ2v) is 9.37. The Morgan fingerprint density at radius 3 is 1.39 bits per heavy atom. The van der Waals surface area contributed by atoms with Crippen LogP contribution in [0, 0.1) is 0 Å². The van der Waals surface area contributed by atoms with E-state index in [0.29, 0.717) is 24.0 Å². The van der Waals surface area contributed by atoms with Gasteiger partial charge in [-0.15, -0.1) is 0 Å². The molecule has 0 saturated heterocycles. The Morgan fingerprint density at radius 2 is 1.03 bits per heavy atom. The van der Waals surface area contributed by atoms with Crippen molar-refractivity contribution in [1.29, 1.82) is 0 Å². The van der Waals surface area contributed by atoms with Gasteiger partial charge in [-0.3, -0.25) is 4.79 Å². The zero-order valence-corrected chi connectivity index (χ0v) is 21.3. The average molecular weight is 509 g/mol. The molecule has 0 aromatic heterocycles. The molecule has 9 heteroatoms. The van der Waals surface area contributed by atoms with Crippen LogP contribution in [0.5, 0.6) is 0 Å². The van der Waals surface area contributed by atoms with Gasteiger partial charge in [-0.2, -0.15) is 0 Å². The number of hydrogen-bond acceptors (Lipinski definition) is 6. The number of ether oxygens (including phenoxy) is 1. The van der Waals surface area contributed by atoms with Gasteiger partial charge in [-0.1, -0.05) is 77.0 Å². The van der Waals surface area contributed by atoms with E-state index >= 15 is 0 Å². The summed E-state index contributed by atoms with van der Waals surface area (Å²) in [7, 11) is 0. The maximum atomic E-state index is 11.5. The molecule has 0 unspecified atom stereocenters. The Bertz CT molecular complexity index is 851. The van der Waals surface area contributed by atoms with Crippen molar-refractivity contribution >= 4 is 29.8 Å². The lowest BCUT2D eigenvalue weighted by atomic mass is 9.98. The van der Waals surface area contributed by atoms with Crippen molar-refractivity contribution in [3.8, 4) is 0 Å². The molecule has 0 bridgehead atoms. The minimum atomic E-state index is -1.49. The standard InChI is InChI=1S/C27H40O9/c1-19-20(27(35)36-26(19)34)16-14-12-10-8-6-4-2-3-5-7-9-11-13-15-17-21(24(30)31)22(25(32)33)18-23(28)29/h2-18H2,1H3,(H,28,29)(H,30,31)(H,32,33). The summed E-state index contributed by atoms with van der Waals surface area (Å²) in [4.78, 5) is 56.2. The monoisotopic (exact) mass is 508 g/mol. The molecule has 1 heterocycles. The van der Waals surface area contributed by atoms with E-state index in [4.69, 9.17) is 10.2 Å². The van der Waals surface area contributed by atoms with E-state index in [1.807, 2.05) is 0 Å². The van der Waals surface area contributed by atoms with Crippen molar-refractivity contribution in [3.05, 3.63) is 22.3 Å². The Kier molecular flexibility index (Phi) is 15.1. The number of rotatable bonds is 21. The highest BCUT2D eigenvalue weighted by Gasteiger charge is 2.28. The van der Waals surface area contributed by atoms with Gasteiger partial charge in [-0.25, -0.2) is 19.2 Å². The first-order valence-corrected chi connectivity index (χ1v) is 13.0. The van der Waals surface area contributed by atoms with Gasteiger partial charge in [0.05, 0.1) is 12.0 Å². The lowest BCUT2D eigenvalue weighted by molar-refractivity contribution is -0.151. The lowest BCUT2D eigenvalue weighted by Gasteiger charge is -2.07. The minimum Gasteiger partial charge on any atom is -0.481 e. The van der Waals surface area contributed by atoms with E-state index in [9.17, 15) is 29.1 Å². The molecule has 0 amide bonds. The predicted octanol–water partition coefficient (Wildman–Crippen LogP) is 5.57. The maximum Gasteiger partial charge on any atom is 0.342 e. The number of carboxylic acid groups (broad SMARTS) is 3. The number of hydrogen-bond donors (Lipinski definition) is 3. The second-order valence-electron chi connectivity index (χ2n) is 9.37. The summed E-state index contributed by atoms with van der Waals surface area (Å²) in [5, 5.41) is 27.2. The van der Waals surface area contributed by atoms with Gasteiger partial charge in [0.1, 0.15) is 0 Å². The molecule has 0 aliphatic carbocycles. The van der Waals surface area contributed by atoms with Crippen LogP contribution < -0.4 is 0 Å². The number of aliphatic carboxylic acids is 3. The van der Waals surface area contributed by atoms with Crippen LogP contribution >= 0.6 is 0 Å². The van der Waals surface area contributed by atoms with Gasteiger partial charge >= 0.3 is 29.8 Å². The largest absolute Gasteiger partial charge is 0.481 e. The third kappa shape index (κ3) is 12.1. The molecule has 1 aliphatic rings. The highest BCUT2D eigenvalue weighted by atomic mass is 16.6. The summed E-state index contributed by atoms with van der Waals surface area (Å²) in [5.41, 5.74) is 0.125. The van der Waals surface area contributed by atoms with Crippen LogP contribution in [0.1, 0.15) is 116 Å². The van der Waals surface area contributed by atoms with Crippen molar-refractivity contribution in [3.63, 3.8) is 0 Å². The van der Waals surface area contributed by atoms with Crippen LogP contribution in [0.15, 0.2) is 22.3 Å². The molecule has 3 N–H and O–H groups in total. The summed E-state index contributed by atoms with van der Waals surface area (Å²) in [6, 6.07) is 0. The number of unbranched alkanes of at least 4 members (excludes halogenated alkanes) is 13. The van der Waals surface area contributed by atoms with E-state index in [2.05, 4.69) is 4.74 Å². The molecule has 0 atom stereocenters. The number of cyclic esters (lactones) is 2. The molecule has 0 fully saturated rings. The molecule has 0 aromatic carbocycles. The fourth-order valence-electron chi connectivity index (χ4n) is 4.36. The normalized spacial score (nSPS) is 14.1. The third-order valence-corrected chi connectivity index (χ3v) is 6.50. The summed E-state index contributed by atoms with van der Waals surface area (Å²) in [6.07, 6.45) is 14.5. The Labute approximate surface area is 212 Å². The molecular weight excluding hydrogens is 468 g/mol. The SMILES string of the molecule is CC1=C(CCCCCCCCCCCCCCCCC(C(=O)O)=C(CC(=O)O)C(=O)O)C(=O)OC1=O. The summed E-state index contributed by atoms with van der Waals surface area (Å²) in [5.74, 6) is -5.21. The van der Waals surface area contributed by atoms with Gasteiger partial charge in [0.15, 0.2) is 0 Å². The second kappa shape index (κ2) is 17.5. The molecule has 202 valence electrons. The zero-order chi connectivity index (χ0) is 26.9.